The summed E-state index contributed by atoms with van der Waals surface area (Å²) in [5.41, 5.74) is 2.98. The molecular weight excluding hydrogens is 329 g/mol. The van der Waals surface area contributed by atoms with Gasteiger partial charge in [0.25, 0.3) is 5.88 Å². The van der Waals surface area contributed by atoms with Gasteiger partial charge in [0.2, 0.25) is 5.65 Å². The third-order valence-electron chi connectivity index (χ3n) is 2.60. The lowest BCUT2D eigenvalue weighted by Gasteiger charge is -2.08. The summed E-state index contributed by atoms with van der Waals surface area (Å²) in [6.45, 7) is 0. The summed E-state index contributed by atoms with van der Waals surface area (Å²) >= 11 is 3.10. The topological polar surface area (TPSA) is 77.5 Å². The highest BCUT2D eigenvalue weighted by Gasteiger charge is 2.10. The normalized spacial score (nSPS) is 10.8. The zero-order valence-electron chi connectivity index (χ0n) is 10.0. The number of nitrogens with one attached hydrogen (secondary N) is 1. The van der Waals surface area contributed by atoms with Crippen LogP contribution in [-0.4, -0.2) is 14.4 Å². The first-order valence-electron chi connectivity index (χ1n) is 5.60. The van der Waals surface area contributed by atoms with Crippen LogP contribution in [0.4, 0.5) is 10.2 Å². The molecule has 0 unspecified atom stereocenters. The highest BCUT2D eigenvalue weighted by Crippen LogP contribution is 2.28. The van der Waals surface area contributed by atoms with Crippen LogP contribution in [-0.2, 0) is 0 Å². The van der Waals surface area contributed by atoms with Crippen molar-refractivity contribution < 1.29 is 9.13 Å². The van der Waals surface area contributed by atoms with Gasteiger partial charge < -0.3 is 10.2 Å². The minimum Gasteiger partial charge on any atom is -0.436 e. The number of hydrogen-bond acceptors (Lipinski definition) is 5. The molecule has 3 N–H and O–H groups in total. The van der Waals surface area contributed by atoms with Crippen LogP contribution in [0.2, 0.25) is 0 Å². The monoisotopic (exact) mass is 337 g/mol. The summed E-state index contributed by atoms with van der Waals surface area (Å²) in [7, 11) is 0. The SMILES string of the molecule is NNc1cn2ccnc2c(Oc2ccc(F)c(Br)c2)n1. The Morgan fingerprint density at radius 2 is 2.25 bits per heavy atom. The third-order valence-corrected chi connectivity index (χ3v) is 3.20. The van der Waals surface area contributed by atoms with Gasteiger partial charge in [-0.3, -0.25) is 4.40 Å². The molecule has 0 saturated heterocycles. The molecule has 2 heterocycles. The van der Waals surface area contributed by atoms with Gasteiger partial charge in [-0.05, 0) is 34.1 Å². The van der Waals surface area contributed by atoms with E-state index in [1.807, 2.05) is 0 Å². The van der Waals surface area contributed by atoms with Gasteiger partial charge in [-0.1, -0.05) is 0 Å². The van der Waals surface area contributed by atoms with Crippen LogP contribution in [0.15, 0.2) is 41.3 Å². The Morgan fingerprint density at radius 1 is 1.40 bits per heavy atom. The van der Waals surface area contributed by atoms with Crippen LogP contribution >= 0.6 is 15.9 Å². The van der Waals surface area contributed by atoms with Crippen molar-refractivity contribution in [1.82, 2.24) is 14.4 Å². The number of imidazole rings is 1. The number of ether oxygens (including phenoxy) is 1. The van der Waals surface area contributed by atoms with E-state index >= 15 is 0 Å². The molecule has 0 saturated carbocycles. The lowest BCUT2D eigenvalue weighted by Crippen LogP contribution is -2.10. The average Bonchev–Trinajstić information content (AvgIpc) is 2.91. The van der Waals surface area contributed by atoms with Crippen molar-refractivity contribution >= 4 is 27.4 Å². The van der Waals surface area contributed by atoms with Crippen molar-refractivity contribution in [2.45, 2.75) is 0 Å². The lowest BCUT2D eigenvalue weighted by atomic mass is 10.3. The van der Waals surface area contributed by atoms with Crippen LogP contribution in [0.1, 0.15) is 0 Å². The Kier molecular flexibility index (Phi) is 3.25. The maximum Gasteiger partial charge on any atom is 0.265 e. The first-order chi connectivity index (χ1) is 9.67. The fraction of sp³-hybridized carbons (Fsp3) is 0. The predicted octanol–water partition coefficient (Wildman–Crippen LogP) is 2.71. The summed E-state index contributed by atoms with van der Waals surface area (Å²) in [4.78, 5) is 8.34. The van der Waals surface area contributed by atoms with E-state index in [0.717, 1.165) is 0 Å². The lowest BCUT2D eigenvalue weighted by molar-refractivity contribution is 0.463. The van der Waals surface area contributed by atoms with Gasteiger partial charge in [0.05, 0.1) is 10.7 Å². The number of aromatic nitrogens is 3. The Morgan fingerprint density at radius 3 is 3.00 bits per heavy atom. The summed E-state index contributed by atoms with van der Waals surface area (Å²) in [6.07, 6.45) is 5.03. The first-order valence-corrected chi connectivity index (χ1v) is 6.40. The van der Waals surface area contributed by atoms with Crippen molar-refractivity contribution in [1.29, 1.82) is 0 Å². The van der Waals surface area contributed by atoms with Gasteiger partial charge in [0, 0.05) is 12.4 Å². The predicted molar refractivity (Wildman–Crippen MR) is 75.0 cm³/mol. The Balaban J connectivity index is 2.04. The molecule has 2 aromatic heterocycles. The van der Waals surface area contributed by atoms with E-state index in [2.05, 4.69) is 31.3 Å². The number of hydrazine groups is 1. The molecule has 6 nitrogen and oxygen atoms in total. The molecule has 0 aliphatic carbocycles. The van der Waals surface area contributed by atoms with E-state index in [1.165, 1.54) is 18.2 Å². The van der Waals surface area contributed by atoms with Gasteiger partial charge in [0.15, 0.2) is 5.82 Å². The molecule has 1 aromatic carbocycles. The van der Waals surface area contributed by atoms with Crippen LogP contribution in [0.3, 0.4) is 0 Å². The number of fused-ring (bicyclic) bond motifs is 1. The summed E-state index contributed by atoms with van der Waals surface area (Å²) < 4.78 is 20.9. The van der Waals surface area contributed by atoms with Crippen LogP contribution in [0.25, 0.3) is 5.65 Å². The van der Waals surface area contributed by atoms with E-state index in [1.54, 1.807) is 23.0 Å². The molecule has 3 rings (SSSR count). The number of nitrogens with two attached hydrogens (primary N) is 1. The number of hydrogen-bond donors (Lipinski definition) is 2. The number of rotatable bonds is 3. The maximum atomic E-state index is 13.2. The maximum absolute atomic E-state index is 13.2. The van der Waals surface area contributed by atoms with Gasteiger partial charge >= 0.3 is 0 Å². The van der Waals surface area contributed by atoms with Crippen LogP contribution in [0, 0.1) is 5.82 Å². The highest BCUT2D eigenvalue weighted by molar-refractivity contribution is 9.10. The Labute approximate surface area is 121 Å². The van der Waals surface area contributed by atoms with Gasteiger partial charge in [-0.25, -0.2) is 15.2 Å². The fourth-order valence-electron chi connectivity index (χ4n) is 1.69. The number of halogens is 2. The van der Waals surface area contributed by atoms with E-state index < -0.39 is 0 Å². The molecular formula is C12H9BrFN5O. The summed E-state index contributed by atoms with van der Waals surface area (Å²) in [5, 5.41) is 0. The molecule has 0 spiro atoms. The van der Waals surface area contributed by atoms with Gasteiger partial charge in [-0.2, -0.15) is 4.98 Å². The molecule has 20 heavy (non-hydrogen) atoms. The zero-order valence-corrected chi connectivity index (χ0v) is 11.6. The first kappa shape index (κ1) is 12.8. The second-order valence-corrected chi connectivity index (χ2v) is 4.77. The Hall–Kier alpha value is -2.19. The largest absolute Gasteiger partial charge is 0.436 e. The van der Waals surface area contributed by atoms with E-state index in [4.69, 9.17) is 10.6 Å². The molecule has 0 bridgehead atoms. The average molecular weight is 338 g/mol. The highest BCUT2D eigenvalue weighted by atomic mass is 79.9. The second kappa shape index (κ2) is 5.06. The van der Waals surface area contributed by atoms with E-state index in [9.17, 15) is 4.39 Å². The molecule has 0 radical (unpaired) electrons. The standard InChI is InChI=1S/C12H9BrFN5O/c13-8-5-7(1-2-9(8)14)20-12-11-16-3-4-19(11)6-10(17-12)18-15/h1-6,18H,15H2. The van der Waals surface area contributed by atoms with Crippen LogP contribution in [0.5, 0.6) is 11.6 Å². The van der Waals surface area contributed by atoms with Crippen molar-refractivity contribution in [3.8, 4) is 11.6 Å². The zero-order chi connectivity index (χ0) is 14.1. The molecule has 0 aliphatic rings. The van der Waals surface area contributed by atoms with Crippen molar-refractivity contribution in [2.75, 3.05) is 5.43 Å². The molecule has 0 aliphatic heterocycles. The van der Waals surface area contributed by atoms with E-state index in [-0.39, 0.29) is 11.7 Å². The molecule has 0 fully saturated rings. The van der Waals surface area contributed by atoms with Crippen molar-refractivity contribution in [3.05, 3.63) is 47.1 Å². The fourth-order valence-corrected chi connectivity index (χ4v) is 2.05. The van der Waals surface area contributed by atoms with Gasteiger partial charge in [-0.15, -0.1) is 0 Å². The van der Waals surface area contributed by atoms with E-state index in [0.29, 0.717) is 21.7 Å². The minimum absolute atomic E-state index is 0.268. The van der Waals surface area contributed by atoms with Crippen LogP contribution < -0.4 is 16.0 Å². The smallest absolute Gasteiger partial charge is 0.265 e. The number of benzene rings is 1. The third kappa shape index (κ3) is 2.30. The van der Waals surface area contributed by atoms with Crippen molar-refractivity contribution in [2.24, 2.45) is 5.84 Å². The van der Waals surface area contributed by atoms with Gasteiger partial charge in [0.1, 0.15) is 11.6 Å². The molecule has 3 aromatic rings. The number of nitrogen functional groups attached to an aromatic ring is 1. The second-order valence-electron chi connectivity index (χ2n) is 3.91. The summed E-state index contributed by atoms with van der Waals surface area (Å²) in [5.74, 6) is 6.12. The Bertz CT molecular complexity index is 776. The molecule has 0 amide bonds. The minimum atomic E-state index is -0.367. The molecule has 102 valence electrons. The molecule has 0 atom stereocenters. The van der Waals surface area contributed by atoms with Crippen molar-refractivity contribution in [3.63, 3.8) is 0 Å². The summed E-state index contributed by atoms with van der Waals surface area (Å²) in [6, 6.07) is 4.32. The quantitative estimate of drug-likeness (QED) is 0.567. The number of anilines is 1. The molecule has 8 heteroatoms. The number of nitrogens with zero attached hydrogens (tertiary/aromatic N) is 3.